The number of anilines is 2. The molecular weight excluding hydrogens is 474 g/mol. The first-order valence-electron chi connectivity index (χ1n) is 9.78. The average molecular weight is 491 g/mol. The Labute approximate surface area is 191 Å². The predicted octanol–water partition coefficient (Wildman–Crippen LogP) is 5.62. The SMILES string of the molecule is CS(=O)(=O)Nc1ccc2cc(C(=O)Nc3cccc(-c4ccc(F)cc4C(F)(F)F)c3)[nH]c2c1. The van der Waals surface area contributed by atoms with Crippen molar-refractivity contribution in [3.05, 3.63) is 83.8 Å². The van der Waals surface area contributed by atoms with Crippen LogP contribution in [-0.2, 0) is 16.2 Å². The number of benzene rings is 3. The van der Waals surface area contributed by atoms with Crippen molar-refractivity contribution in [3.63, 3.8) is 0 Å². The molecule has 34 heavy (non-hydrogen) atoms. The van der Waals surface area contributed by atoms with E-state index in [0.29, 0.717) is 22.7 Å². The molecule has 0 fully saturated rings. The van der Waals surface area contributed by atoms with E-state index in [1.165, 1.54) is 30.3 Å². The molecule has 0 atom stereocenters. The highest BCUT2D eigenvalue weighted by Crippen LogP contribution is 2.38. The van der Waals surface area contributed by atoms with E-state index in [1.807, 2.05) is 0 Å². The summed E-state index contributed by atoms with van der Waals surface area (Å²) in [4.78, 5) is 15.6. The molecule has 4 rings (SSSR count). The maximum atomic E-state index is 13.4. The summed E-state index contributed by atoms with van der Waals surface area (Å²) in [7, 11) is -3.47. The summed E-state index contributed by atoms with van der Waals surface area (Å²) in [5.74, 6) is -1.56. The van der Waals surface area contributed by atoms with Gasteiger partial charge in [-0.05, 0) is 53.6 Å². The molecular formula is C23H17F4N3O3S. The van der Waals surface area contributed by atoms with E-state index in [-0.39, 0.29) is 22.5 Å². The molecule has 0 unspecified atom stereocenters. The van der Waals surface area contributed by atoms with Gasteiger partial charge in [0.25, 0.3) is 5.91 Å². The van der Waals surface area contributed by atoms with Gasteiger partial charge in [-0.25, -0.2) is 12.8 Å². The molecule has 176 valence electrons. The van der Waals surface area contributed by atoms with Crippen LogP contribution >= 0.6 is 0 Å². The van der Waals surface area contributed by atoms with Crippen LogP contribution in [0.2, 0.25) is 0 Å². The number of H-pyrrole nitrogens is 1. The number of hydrogen-bond donors (Lipinski definition) is 3. The van der Waals surface area contributed by atoms with Gasteiger partial charge in [0.05, 0.1) is 17.5 Å². The van der Waals surface area contributed by atoms with Crippen LogP contribution in [0.3, 0.4) is 0 Å². The van der Waals surface area contributed by atoms with E-state index in [4.69, 9.17) is 0 Å². The van der Waals surface area contributed by atoms with Crippen molar-refractivity contribution in [1.29, 1.82) is 0 Å². The number of halogens is 4. The molecule has 6 nitrogen and oxygen atoms in total. The second-order valence-corrected chi connectivity index (χ2v) is 9.33. The third-order valence-corrected chi connectivity index (χ3v) is 5.50. The second-order valence-electron chi connectivity index (χ2n) is 7.58. The van der Waals surface area contributed by atoms with E-state index >= 15 is 0 Å². The fourth-order valence-electron chi connectivity index (χ4n) is 3.49. The van der Waals surface area contributed by atoms with Crippen LogP contribution in [0.4, 0.5) is 28.9 Å². The Morgan fingerprint density at radius 3 is 2.41 bits per heavy atom. The Hall–Kier alpha value is -3.86. The number of aromatic amines is 1. The van der Waals surface area contributed by atoms with Gasteiger partial charge >= 0.3 is 6.18 Å². The normalized spacial score (nSPS) is 12.0. The summed E-state index contributed by atoms with van der Waals surface area (Å²) >= 11 is 0. The van der Waals surface area contributed by atoms with E-state index in [2.05, 4.69) is 15.0 Å². The van der Waals surface area contributed by atoms with E-state index < -0.39 is 33.5 Å². The van der Waals surface area contributed by atoms with Crippen LogP contribution in [0.1, 0.15) is 16.1 Å². The fraction of sp³-hybridized carbons (Fsp3) is 0.0870. The van der Waals surface area contributed by atoms with Crippen molar-refractivity contribution >= 4 is 38.2 Å². The van der Waals surface area contributed by atoms with E-state index in [1.54, 1.807) is 18.2 Å². The quantitative estimate of drug-likeness (QED) is 0.317. The van der Waals surface area contributed by atoms with Crippen molar-refractivity contribution in [2.24, 2.45) is 0 Å². The van der Waals surface area contributed by atoms with Crippen molar-refractivity contribution in [1.82, 2.24) is 4.98 Å². The third-order valence-electron chi connectivity index (χ3n) is 4.89. The summed E-state index contributed by atoms with van der Waals surface area (Å²) in [6, 6.07) is 14.4. The zero-order valence-corrected chi connectivity index (χ0v) is 18.3. The summed E-state index contributed by atoms with van der Waals surface area (Å²) in [6.07, 6.45) is -3.74. The highest BCUT2D eigenvalue weighted by Gasteiger charge is 2.34. The lowest BCUT2D eigenvalue weighted by atomic mass is 9.98. The number of carbonyl (C=O) groups is 1. The molecule has 0 spiro atoms. The van der Waals surface area contributed by atoms with Gasteiger partial charge in [0.2, 0.25) is 10.0 Å². The van der Waals surface area contributed by atoms with Crippen molar-refractivity contribution in [2.45, 2.75) is 6.18 Å². The van der Waals surface area contributed by atoms with Gasteiger partial charge in [0.15, 0.2) is 0 Å². The molecule has 0 radical (unpaired) electrons. The van der Waals surface area contributed by atoms with Gasteiger partial charge in [-0.15, -0.1) is 0 Å². The fourth-order valence-corrected chi connectivity index (χ4v) is 4.05. The monoisotopic (exact) mass is 491 g/mol. The van der Waals surface area contributed by atoms with Crippen LogP contribution in [0, 0.1) is 5.82 Å². The highest BCUT2D eigenvalue weighted by atomic mass is 32.2. The zero-order valence-electron chi connectivity index (χ0n) is 17.5. The first-order chi connectivity index (χ1) is 15.9. The van der Waals surface area contributed by atoms with Crippen LogP contribution in [0.15, 0.2) is 66.7 Å². The zero-order chi connectivity index (χ0) is 24.7. The van der Waals surface area contributed by atoms with Gasteiger partial charge < -0.3 is 10.3 Å². The van der Waals surface area contributed by atoms with Crippen LogP contribution in [0.5, 0.6) is 0 Å². The minimum absolute atomic E-state index is 0.151. The minimum atomic E-state index is -4.76. The molecule has 4 aromatic rings. The first-order valence-corrected chi connectivity index (χ1v) is 11.7. The summed E-state index contributed by atoms with van der Waals surface area (Å²) in [6.45, 7) is 0. The maximum Gasteiger partial charge on any atom is 0.417 e. The summed E-state index contributed by atoms with van der Waals surface area (Å²) in [5.41, 5.74) is 0.0301. The van der Waals surface area contributed by atoms with Crippen molar-refractivity contribution < 1.29 is 30.8 Å². The van der Waals surface area contributed by atoms with Crippen molar-refractivity contribution in [2.75, 3.05) is 16.3 Å². The Balaban J connectivity index is 1.61. The molecule has 0 aliphatic carbocycles. The molecule has 0 aliphatic rings. The summed E-state index contributed by atoms with van der Waals surface area (Å²) in [5, 5.41) is 3.27. The van der Waals surface area contributed by atoms with E-state index in [0.717, 1.165) is 18.4 Å². The number of alkyl halides is 3. The lowest BCUT2D eigenvalue weighted by Gasteiger charge is -2.14. The van der Waals surface area contributed by atoms with Gasteiger partial charge in [-0.2, -0.15) is 13.2 Å². The Kier molecular flexibility index (Phi) is 5.82. The number of amides is 1. The number of fused-ring (bicyclic) bond motifs is 1. The third kappa shape index (κ3) is 5.20. The smallest absolute Gasteiger partial charge is 0.350 e. The lowest BCUT2D eigenvalue weighted by Crippen LogP contribution is -2.12. The molecule has 1 aromatic heterocycles. The number of carbonyl (C=O) groups excluding carboxylic acids is 1. The van der Waals surface area contributed by atoms with E-state index in [9.17, 15) is 30.8 Å². The number of nitrogens with one attached hydrogen (secondary N) is 3. The Morgan fingerprint density at radius 2 is 1.71 bits per heavy atom. The number of rotatable bonds is 5. The van der Waals surface area contributed by atoms with Gasteiger partial charge in [0, 0.05) is 16.6 Å². The Morgan fingerprint density at radius 1 is 0.941 bits per heavy atom. The molecule has 0 saturated heterocycles. The summed E-state index contributed by atoms with van der Waals surface area (Å²) < 4.78 is 78.8. The molecule has 1 amide bonds. The lowest BCUT2D eigenvalue weighted by molar-refractivity contribution is -0.137. The van der Waals surface area contributed by atoms with Gasteiger partial charge in [0.1, 0.15) is 11.5 Å². The van der Waals surface area contributed by atoms with Gasteiger partial charge in [-0.3, -0.25) is 9.52 Å². The standard InChI is InChI=1S/C23H17F4N3O3S/c1-34(32,33)30-17-7-5-14-10-21(29-20(14)12-17)22(31)28-16-4-2-3-13(9-16)18-8-6-15(24)11-19(18)23(25,26)27/h2-12,29-30H,1H3,(H,28,31). The number of aromatic nitrogens is 1. The number of sulfonamides is 1. The molecule has 3 aromatic carbocycles. The van der Waals surface area contributed by atoms with Crippen LogP contribution in [0.25, 0.3) is 22.0 Å². The average Bonchev–Trinajstić information content (AvgIpc) is 3.16. The second kappa shape index (κ2) is 8.49. The minimum Gasteiger partial charge on any atom is -0.350 e. The maximum absolute atomic E-state index is 13.4. The number of hydrogen-bond acceptors (Lipinski definition) is 3. The highest BCUT2D eigenvalue weighted by molar-refractivity contribution is 7.92. The predicted molar refractivity (Wildman–Crippen MR) is 122 cm³/mol. The molecule has 11 heteroatoms. The van der Waals surface area contributed by atoms with Crippen molar-refractivity contribution in [3.8, 4) is 11.1 Å². The molecule has 1 heterocycles. The Bertz CT molecular complexity index is 1510. The molecule has 0 bridgehead atoms. The molecule has 3 N–H and O–H groups in total. The van der Waals surface area contributed by atoms with Crippen LogP contribution in [-0.4, -0.2) is 25.6 Å². The van der Waals surface area contributed by atoms with Gasteiger partial charge in [-0.1, -0.05) is 24.3 Å². The molecule has 0 aliphatic heterocycles. The largest absolute Gasteiger partial charge is 0.417 e. The molecule has 0 saturated carbocycles. The van der Waals surface area contributed by atoms with Crippen LogP contribution < -0.4 is 10.0 Å². The topological polar surface area (TPSA) is 91.1 Å². The first kappa shape index (κ1) is 23.3.